The molecule has 0 radical (unpaired) electrons. The van der Waals surface area contributed by atoms with E-state index < -0.39 is 40.3 Å². The second kappa shape index (κ2) is 16.9. The predicted molar refractivity (Wildman–Crippen MR) is 193 cm³/mol. The molecule has 0 heterocycles. The first-order valence-electron chi connectivity index (χ1n) is 15.3. The maximum atomic E-state index is 14.0. The molecule has 2 N–H and O–H groups in total. The van der Waals surface area contributed by atoms with Crippen LogP contribution >= 0.6 is 34.8 Å². The van der Waals surface area contributed by atoms with E-state index in [1.807, 2.05) is 30.3 Å². The zero-order valence-electron chi connectivity index (χ0n) is 26.4. The molecule has 5 rings (SSSR count). The number of hydrogen-bond donors (Lipinski definition) is 2. The van der Waals surface area contributed by atoms with Crippen molar-refractivity contribution in [3.63, 3.8) is 0 Å². The molecule has 0 spiro atoms. The number of sulfonamides is 1. The van der Waals surface area contributed by atoms with Gasteiger partial charge in [0.25, 0.3) is 15.9 Å². The average molecular weight is 755 g/mol. The lowest BCUT2D eigenvalue weighted by Crippen LogP contribution is -2.51. The summed E-state index contributed by atoms with van der Waals surface area (Å²) >= 11 is 18.5. The van der Waals surface area contributed by atoms with Crippen LogP contribution in [-0.4, -0.2) is 37.8 Å². The van der Waals surface area contributed by atoms with Gasteiger partial charge in [-0.05, 0) is 89.5 Å². The van der Waals surface area contributed by atoms with Crippen LogP contribution < -0.4 is 14.8 Å². The van der Waals surface area contributed by atoms with Gasteiger partial charge < -0.3 is 15.0 Å². The third-order valence-electron chi connectivity index (χ3n) is 7.60. The molecule has 0 aliphatic carbocycles. The Balaban J connectivity index is 1.36. The average Bonchev–Trinajstić information content (AvgIpc) is 3.10. The van der Waals surface area contributed by atoms with E-state index in [1.54, 1.807) is 42.5 Å². The van der Waals surface area contributed by atoms with Crippen molar-refractivity contribution in [3.05, 3.63) is 159 Å². The van der Waals surface area contributed by atoms with Gasteiger partial charge in [-0.1, -0.05) is 83.3 Å². The Morgan fingerprint density at radius 3 is 2.10 bits per heavy atom. The van der Waals surface area contributed by atoms with Crippen molar-refractivity contribution in [1.82, 2.24) is 10.2 Å². The summed E-state index contributed by atoms with van der Waals surface area (Å²) in [6.45, 7) is -0.280. The minimum absolute atomic E-state index is 0.0646. The molecule has 0 aliphatic rings. The highest BCUT2D eigenvalue weighted by Crippen LogP contribution is 2.23. The van der Waals surface area contributed by atoms with Crippen LogP contribution in [-0.2, 0) is 39.1 Å². The molecular formula is C37H31Cl3FN3O5S. The first-order chi connectivity index (χ1) is 24.0. The lowest BCUT2D eigenvalue weighted by Gasteiger charge is -2.31. The van der Waals surface area contributed by atoms with E-state index in [0.717, 1.165) is 23.3 Å². The largest absolute Gasteiger partial charge is 0.484 e. The van der Waals surface area contributed by atoms with Gasteiger partial charge in [0.05, 0.1) is 4.90 Å². The normalized spacial score (nSPS) is 11.8. The maximum Gasteiger partial charge on any atom is 0.261 e. The fourth-order valence-electron chi connectivity index (χ4n) is 4.98. The third-order valence-corrected chi connectivity index (χ3v) is 9.83. The molecule has 2 amide bonds. The zero-order chi connectivity index (χ0) is 35.7. The van der Waals surface area contributed by atoms with Crippen molar-refractivity contribution >= 4 is 62.3 Å². The summed E-state index contributed by atoms with van der Waals surface area (Å²) in [4.78, 5) is 29.3. The van der Waals surface area contributed by atoms with Crippen LogP contribution in [0, 0.1) is 5.82 Å². The number of nitrogens with zero attached hydrogens (tertiary/aromatic N) is 1. The number of carbonyl (C=O) groups excluding carboxylic acids is 2. The molecule has 0 saturated carbocycles. The number of carbonyl (C=O) groups is 2. The fraction of sp³-hybridized carbons (Fsp3) is 0.135. The van der Waals surface area contributed by atoms with Crippen molar-refractivity contribution in [3.8, 4) is 5.75 Å². The van der Waals surface area contributed by atoms with Gasteiger partial charge in [-0.3, -0.25) is 14.3 Å². The van der Waals surface area contributed by atoms with Crippen LogP contribution in [0.2, 0.25) is 15.1 Å². The summed E-state index contributed by atoms with van der Waals surface area (Å²) in [5.41, 5.74) is 2.42. The van der Waals surface area contributed by atoms with E-state index in [9.17, 15) is 22.4 Å². The lowest BCUT2D eigenvalue weighted by molar-refractivity contribution is -0.142. The molecule has 0 saturated heterocycles. The van der Waals surface area contributed by atoms with Gasteiger partial charge >= 0.3 is 0 Å². The van der Waals surface area contributed by atoms with Crippen LogP contribution in [0.5, 0.6) is 5.75 Å². The molecule has 258 valence electrons. The van der Waals surface area contributed by atoms with Crippen LogP contribution in [0.4, 0.5) is 10.1 Å². The highest BCUT2D eigenvalue weighted by Gasteiger charge is 2.31. The van der Waals surface area contributed by atoms with E-state index in [2.05, 4.69) is 10.0 Å². The number of amides is 2. The van der Waals surface area contributed by atoms with E-state index in [1.165, 1.54) is 41.3 Å². The first-order valence-corrected chi connectivity index (χ1v) is 17.9. The van der Waals surface area contributed by atoms with Crippen LogP contribution in [0.3, 0.4) is 0 Å². The van der Waals surface area contributed by atoms with Gasteiger partial charge in [-0.15, -0.1) is 0 Å². The molecule has 8 nitrogen and oxygen atoms in total. The van der Waals surface area contributed by atoms with Crippen molar-refractivity contribution in [1.29, 1.82) is 0 Å². The summed E-state index contributed by atoms with van der Waals surface area (Å²) in [6.07, 6.45) is 0.202. The van der Waals surface area contributed by atoms with Gasteiger partial charge in [0, 0.05) is 40.3 Å². The van der Waals surface area contributed by atoms with Crippen LogP contribution in [0.1, 0.15) is 16.7 Å². The minimum atomic E-state index is -3.98. The maximum absolute atomic E-state index is 14.0. The molecule has 50 heavy (non-hydrogen) atoms. The van der Waals surface area contributed by atoms with Crippen LogP contribution in [0.25, 0.3) is 0 Å². The Morgan fingerprint density at radius 1 is 0.780 bits per heavy atom. The van der Waals surface area contributed by atoms with Gasteiger partial charge in [-0.2, -0.15) is 0 Å². The molecule has 5 aromatic rings. The monoisotopic (exact) mass is 753 g/mol. The second-order valence-corrected chi connectivity index (χ2v) is 14.1. The summed E-state index contributed by atoms with van der Waals surface area (Å²) in [7, 11) is -3.98. The third kappa shape index (κ3) is 10.2. The number of nitrogens with one attached hydrogen (secondary N) is 2. The summed E-state index contributed by atoms with van der Waals surface area (Å²) in [5.74, 6) is -1.17. The topological polar surface area (TPSA) is 105 Å². The molecular weight excluding hydrogens is 724 g/mol. The number of rotatable bonds is 14. The molecule has 5 aromatic carbocycles. The highest BCUT2D eigenvalue weighted by molar-refractivity contribution is 7.92. The smallest absolute Gasteiger partial charge is 0.261 e. The number of hydrogen-bond acceptors (Lipinski definition) is 5. The molecule has 13 heteroatoms. The van der Waals surface area contributed by atoms with Crippen LogP contribution in [0.15, 0.2) is 126 Å². The predicted octanol–water partition coefficient (Wildman–Crippen LogP) is 7.92. The zero-order valence-corrected chi connectivity index (χ0v) is 29.4. The van der Waals surface area contributed by atoms with E-state index in [0.29, 0.717) is 20.6 Å². The standard InChI is InChI=1S/C37H31Cl3FN3O5S/c38-28-9-6-26(7-10-28)23-44(35(20-25-4-2-1-3-5-25)37(46)42-22-27-8-11-29(39)21-34(27)40)36(45)24-49-32-16-18-33(19-17-32)50(47,48)43-31-14-12-30(41)13-15-31/h1-19,21,35,43H,20,22-24H2,(H,42,46)/t35-/m1/s1. The van der Waals surface area contributed by atoms with Crippen molar-refractivity contribution in [2.75, 3.05) is 11.3 Å². The Morgan fingerprint density at radius 2 is 1.44 bits per heavy atom. The van der Waals surface area contributed by atoms with Gasteiger partial charge in [-0.25, -0.2) is 12.8 Å². The quantitative estimate of drug-likeness (QED) is 0.120. The fourth-order valence-corrected chi connectivity index (χ4v) is 6.64. The summed E-state index contributed by atoms with van der Waals surface area (Å²) in [6, 6.07) is 30.7. The number of halogens is 4. The van der Waals surface area contributed by atoms with Gasteiger partial charge in [0.2, 0.25) is 5.91 Å². The Bertz CT molecular complexity index is 2030. The van der Waals surface area contributed by atoms with Crippen molar-refractivity contribution in [2.24, 2.45) is 0 Å². The SMILES string of the molecule is O=C(NCc1ccc(Cl)cc1Cl)[C@@H](Cc1ccccc1)N(Cc1ccc(Cl)cc1)C(=O)COc1ccc(S(=O)(=O)Nc2ccc(F)cc2)cc1. The lowest BCUT2D eigenvalue weighted by atomic mass is 10.0. The minimum Gasteiger partial charge on any atom is -0.484 e. The number of anilines is 1. The molecule has 0 unspecified atom stereocenters. The summed E-state index contributed by atoms with van der Waals surface area (Å²) < 4.78 is 47.1. The first kappa shape index (κ1) is 36.7. The number of benzene rings is 5. The Kier molecular flexibility index (Phi) is 12.4. The van der Waals surface area contributed by atoms with E-state index in [-0.39, 0.29) is 35.8 Å². The highest BCUT2D eigenvalue weighted by atomic mass is 35.5. The second-order valence-electron chi connectivity index (χ2n) is 11.2. The molecule has 1 atom stereocenters. The van der Waals surface area contributed by atoms with Gasteiger partial charge in [0.15, 0.2) is 6.61 Å². The molecule has 0 aromatic heterocycles. The molecule has 0 bridgehead atoms. The van der Waals surface area contributed by atoms with Crippen molar-refractivity contribution < 1.29 is 27.1 Å². The Hall–Kier alpha value is -4.61. The molecule has 0 aliphatic heterocycles. The van der Waals surface area contributed by atoms with E-state index >= 15 is 0 Å². The summed E-state index contributed by atoms with van der Waals surface area (Å²) in [5, 5.41) is 4.30. The number of ether oxygens (including phenoxy) is 1. The molecule has 0 fully saturated rings. The van der Waals surface area contributed by atoms with Gasteiger partial charge in [0.1, 0.15) is 17.6 Å². The van der Waals surface area contributed by atoms with E-state index in [4.69, 9.17) is 39.5 Å². The van der Waals surface area contributed by atoms with Crippen molar-refractivity contribution in [2.45, 2.75) is 30.4 Å². The Labute approximate surface area is 304 Å².